The average molecular weight is 458 g/mol. The number of ether oxygens (including phenoxy) is 1. The molecular formula is C25H27N7O2. The maximum atomic E-state index is 12.3. The molecule has 0 radical (unpaired) electrons. The maximum Gasteiger partial charge on any atom is 0.228 e. The van der Waals surface area contributed by atoms with E-state index in [9.17, 15) is 4.79 Å². The van der Waals surface area contributed by atoms with Crippen molar-refractivity contribution in [2.45, 2.75) is 32.7 Å². The lowest BCUT2D eigenvalue weighted by atomic mass is 10.1. The second-order valence-corrected chi connectivity index (χ2v) is 9.01. The Morgan fingerprint density at radius 1 is 1.15 bits per heavy atom. The second-order valence-electron chi connectivity index (χ2n) is 9.01. The Morgan fingerprint density at radius 3 is 2.79 bits per heavy atom. The molecule has 34 heavy (non-hydrogen) atoms. The van der Waals surface area contributed by atoms with Crippen LogP contribution in [0.4, 0.5) is 5.82 Å². The van der Waals surface area contributed by atoms with Gasteiger partial charge in [0.2, 0.25) is 5.91 Å². The van der Waals surface area contributed by atoms with Gasteiger partial charge in [-0.05, 0) is 37.0 Å². The lowest BCUT2D eigenvalue weighted by Gasteiger charge is -2.26. The summed E-state index contributed by atoms with van der Waals surface area (Å²) in [4.78, 5) is 28.6. The van der Waals surface area contributed by atoms with Gasteiger partial charge in [-0.2, -0.15) is 0 Å². The predicted octanol–water partition coefficient (Wildman–Crippen LogP) is 3.08. The molecule has 0 atom stereocenters. The van der Waals surface area contributed by atoms with Crippen molar-refractivity contribution >= 4 is 28.1 Å². The largest absolute Gasteiger partial charge is 0.379 e. The molecule has 0 spiro atoms. The van der Waals surface area contributed by atoms with Gasteiger partial charge in [-0.15, -0.1) is 5.10 Å². The summed E-state index contributed by atoms with van der Waals surface area (Å²) < 4.78 is 7.29. The SMILES string of the molecule is CCc1ncc(-c2nc3ccc(CN4CCOCC4)cn3n2)c2cc(NC(=O)C3CC3)ncc12. The average Bonchev–Trinajstić information content (AvgIpc) is 3.63. The predicted molar refractivity (Wildman–Crippen MR) is 128 cm³/mol. The van der Waals surface area contributed by atoms with Crippen molar-refractivity contribution in [3.05, 3.63) is 48.0 Å². The summed E-state index contributed by atoms with van der Waals surface area (Å²) in [6, 6.07) is 6.03. The van der Waals surface area contributed by atoms with Crippen LogP contribution in [0.2, 0.25) is 0 Å². The molecule has 4 aromatic heterocycles. The van der Waals surface area contributed by atoms with Crippen LogP contribution in [0.3, 0.4) is 0 Å². The summed E-state index contributed by atoms with van der Waals surface area (Å²) >= 11 is 0. The molecule has 2 aliphatic rings. The van der Waals surface area contributed by atoms with Crippen LogP contribution >= 0.6 is 0 Å². The van der Waals surface area contributed by atoms with E-state index in [4.69, 9.17) is 14.8 Å². The van der Waals surface area contributed by atoms with Crippen molar-refractivity contribution in [2.24, 2.45) is 5.92 Å². The van der Waals surface area contributed by atoms with Crippen LogP contribution in [0.5, 0.6) is 0 Å². The number of aryl methyl sites for hydroxylation is 1. The lowest BCUT2D eigenvalue weighted by Crippen LogP contribution is -2.35. The normalized spacial score (nSPS) is 16.9. The minimum Gasteiger partial charge on any atom is -0.379 e. The Morgan fingerprint density at radius 2 is 2.00 bits per heavy atom. The van der Waals surface area contributed by atoms with Crippen LogP contribution in [0, 0.1) is 5.92 Å². The van der Waals surface area contributed by atoms with Gasteiger partial charge in [0.25, 0.3) is 0 Å². The molecular weight excluding hydrogens is 430 g/mol. The first-order chi connectivity index (χ1) is 16.7. The van der Waals surface area contributed by atoms with Crippen LogP contribution < -0.4 is 5.32 Å². The molecule has 2 fully saturated rings. The van der Waals surface area contributed by atoms with Gasteiger partial charge in [-0.1, -0.05) is 13.0 Å². The highest BCUT2D eigenvalue weighted by molar-refractivity contribution is 6.00. The fourth-order valence-corrected chi connectivity index (χ4v) is 4.44. The van der Waals surface area contributed by atoms with Crippen LogP contribution in [0.25, 0.3) is 27.8 Å². The van der Waals surface area contributed by atoms with Crippen molar-refractivity contribution in [1.82, 2.24) is 29.5 Å². The number of hydrogen-bond acceptors (Lipinski definition) is 7. The number of amides is 1. The number of fused-ring (bicyclic) bond motifs is 2. The third kappa shape index (κ3) is 4.12. The van der Waals surface area contributed by atoms with E-state index in [-0.39, 0.29) is 11.8 Å². The summed E-state index contributed by atoms with van der Waals surface area (Å²) in [6.07, 6.45) is 8.36. The molecule has 1 N–H and O–H groups in total. The number of rotatable bonds is 6. The zero-order valence-corrected chi connectivity index (χ0v) is 19.2. The van der Waals surface area contributed by atoms with Gasteiger partial charge >= 0.3 is 0 Å². The number of morpholine rings is 1. The highest BCUT2D eigenvalue weighted by Gasteiger charge is 2.30. The molecule has 0 unspecified atom stereocenters. The second kappa shape index (κ2) is 8.73. The van der Waals surface area contributed by atoms with Crippen molar-refractivity contribution in [3.63, 3.8) is 0 Å². The molecule has 5 heterocycles. The molecule has 174 valence electrons. The number of nitrogens with zero attached hydrogens (tertiary/aromatic N) is 6. The van der Waals surface area contributed by atoms with Gasteiger partial charge in [0.05, 0.1) is 13.2 Å². The summed E-state index contributed by atoms with van der Waals surface area (Å²) in [5.74, 6) is 1.31. The molecule has 6 rings (SSSR count). The minimum absolute atomic E-state index is 0.0387. The highest BCUT2D eigenvalue weighted by atomic mass is 16.5. The zero-order valence-electron chi connectivity index (χ0n) is 19.2. The van der Waals surface area contributed by atoms with Gasteiger partial charge in [-0.25, -0.2) is 14.5 Å². The van der Waals surface area contributed by atoms with E-state index in [1.165, 1.54) is 5.56 Å². The Kier molecular flexibility index (Phi) is 5.43. The van der Waals surface area contributed by atoms with Crippen LogP contribution in [-0.2, 0) is 22.5 Å². The number of aromatic nitrogens is 5. The van der Waals surface area contributed by atoms with Gasteiger partial charge < -0.3 is 10.1 Å². The van der Waals surface area contributed by atoms with Gasteiger partial charge in [0.1, 0.15) is 5.82 Å². The number of hydrogen-bond donors (Lipinski definition) is 1. The molecule has 1 saturated heterocycles. The van der Waals surface area contributed by atoms with Gasteiger partial charge in [0.15, 0.2) is 11.5 Å². The first-order valence-corrected chi connectivity index (χ1v) is 11.9. The molecule has 1 aliphatic heterocycles. The first kappa shape index (κ1) is 21.1. The smallest absolute Gasteiger partial charge is 0.228 e. The summed E-state index contributed by atoms with van der Waals surface area (Å²) in [7, 11) is 0. The summed E-state index contributed by atoms with van der Waals surface area (Å²) in [6.45, 7) is 6.37. The van der Waals surface area contributed by atoms with Crippen molar-refractivity contribution in [2.75, 3.05) is 31.6 Å². The van der Waals surface area contributed by atoms with Crippen molar-refractivity contribution < 1.29 is 9.53 Å². The third-order valence-electron chi connectivity index (χ3n) is 6.53. The number of pyridine rings is 3. The standard InChI is InChI=1S/C25H27N7O2/c1-2-21-19-12-27-22(28-25(33)17-4-5-17)11-18(19)20(13-26-21)24-29-23-6-3-16(15-32(23)30-24)14-31-7-9-34-10-8-31/h3,6,11-13,15,17H,2,4-5,7-10,14H2,1H3,(H,27,28,33). The maximum absolute atomic E-state index is 12.3. The van der Waals surface area contributed by atoms with Crippen molar-refractivity contribution in [1.29, 1.82) is 0 Å². The van der Waals surface area contributed by atoms with E-state index < -0.39 is 0 Å². The van der Waals surface area contributed by atoms with E-state index in [0.717, 1.165) is 79.8 Å². The number of carbonyl (C=O) groups excluding carboxylic acids is 1. The molecule has 1 saturated carbocycles. The molecule has 0 aromatic carbocycles. The van der Waals surface area contributed by atoms with Crippen molar-refractivity contribution in [3.8, 4) is 11.4 Å². The Balaban J connectivity index is 1.36. The topological polar surface area (TPSA) is 97.5 Å². The molecule has 1 amide bonds. The fraction of sp³-hybridized carbons (Fsp3) is 0.400. The van der Waals surface area contributed by atoms with E-state index in [2.05, 4.69) is 33.2 Å². The molecule has 0 bridgehead atoms. The lowest BCUT2D eigenvalue weighted by molar-refractivity contribution is -0.117. The number of anilines is 1. The Labute approximate surface area is 197 Å². The van der Waals surface area contributed by atoms with E-state index >= 15 is 0 Å². The quantitative estimate of drug-likeness (QED) is 0.475. The molecule has 4 aromatic rings. The zero-order chi connectivity index (χ0) is 23.1. The van der Waals surface area contributed by atoms with Crippen LogP contribution in [0.15, 0.2) is 36.8 Å². The Bertz CT molecular complexity index is 1370. The van der Waals surface area contributed by atoms with E-state index in [1.807, 2.05) is 29.0 Å². The van der Waals surface area contributed by atoms with Gasteiger partial charge in [-0.3, -0.25) is 14.7 Å². The van der Waals surface area contributed by atoms with Crippen LogP contribution in [0.1, 0.15) is 31.0 Å². The van der Waals surface area contributed by atoms with Gasteiger partial charge in [0, 0.05) is 66.2 Å². The fourth-order valence-electron chi connectivity index (χ4n) is 4.44. The highest BCUT2D eigenvalue weighted by Crippen LogP contribution is 2.32. The minimum atomic E-state index is 0.0387. The van der Waals surface area contributed by atoms with E-state index in [0.29, 0.717) is 11.6 Å². The third-order valence-corrected chi connectivity index (χ3v) is 6.53. The summed E-state index contributed by atoms with van der Waals surface area (Å²) in [5, 5.41) is 9.64. The Hall–Kier alpha value is -3.43. The monoisotopic (exact) mass is 457 g/mol. The molecule has 9 heteroatoms. The molecule has 9 nitrogen and oxygen atoms in total. The molecule has 1 aliphatic carbocycles. The van der Waals surface area contributed by atoms with Crippen LogP contribution in [-0.4, -0.2) is 61.7 Å². The number of nitrogens with one attached hydrogen (secondary N) is 1. The van der Waals surface area contributed by atoms with E-state index in [1.54, 1.807) is 6.20 Å². The first-order valence-electron chi connectivity index (χ1n) is 11.9. The summed E-state index contributed by atoms with van der Waals surface area (Å²) in [5.41, 5.74) is 3.76. The number of carbonyl (C=O) groups is 1.